The van der Waals surface area contributed by atoms with Gasteiger partial charge in [-0.05, 0) is 32.9 Å². The molecule has 0 unspecified atom stereocenters. The van der Waals surface area contributed by atoms with E-state index < -0.39 is 0 Å². The zero-order chi connectivity index (χ0) is 18.5. The Morgan fingerprint density at radius 1 is 1.12 bits per heavy atom. The minimum absolute atomic E-state index is 0.243. The number of carbonyl (C=O) groups is 1. The molecule has 1 aromatic heterocycles. The molecule has 0 aliphatic carbocycles. The van der Waals surface area contributed by atoms with Crippen molar-refractivity contribution >= 4 is 23.4 Å². The van der Waals surface area contributed by atoms with E-state index >= 15 is 0 Å². The van der Waals surface area contributed by atoms with Gasteiger partial charge in [0.2, 0.25) is 0 Å². The number of aryl methyl sites for hydroxylation is 2. The van der Waals surface area contributed by atoms with Crippen LogP contribution in [0.1, 0.15) is 18.3 Å². The van der Waals surface area contributed by atoms with Gasteiger partial charge >= 0.3 is 6.09 Å². The fraction of sp³-hybridized carbons (Fsp3) is 0.421. The van der Waals surface area contributed by atoms with Crippen molar-refractivity contribution in [3.8, 4) is 0 Å². The number of aromatic nitrogens is 2. The van der Waals surface area contributed by atoms with Crippen LogP contribution in [0.5, 0.6) is 0 Å². The molecule has 2 aromatic rings. The van der Waals surface area contributed by atoms with Gasteiger partial charge in [0.25, 0.3) is 0 Å². The number of hydrogen-bond donors (Lipinski definition) is 1. The smallest absolute Gasteiger partial charge is 0.409 e. The molecule has 0 spiro atoms. The van der Waals surface area contributed by atoms with Gasteiger partial charge in [0, 0.05) is 37.9 Å². The van der Waals surface area contributed by atoms with E-state index in [2.05, 4.69) is 39.2 Å². The van der Waals surface area contributed by atoms with Crippen molar-refractivity contribution in [3.05, 3.63) is 41.7 Å². The average molecular weight is 355 g/mol. The molecule has 3 rings (SSSR count). The average Bonchev–Trinajstić information content (AvgIpc) is 2.63. The zero-order valence-corrected chi connectivity index (χ0v) is 15.5. The third kappa shape index (κ3) is 4.41. The molecule has 1 aliphatic rings. The summed E-state index contributed by atoms with van der Waals surface area (Å²) in [4.78, 5) is 24.8. The van der Waals surface area contributed by atoms with Crippen molar-refractivity contribution in [2.45, 2.75) is 20.8 Å². The van der Waals surface area contributed by atoms with Crippen molar-refractivity contribution in [3.63, 3.8) is 0 Å². The molecule has 1 N–H and O–H groups in total. The fourth-order valence-corrected chi connectivity index (χ4v) is 2.90. The number of hydrogen-bond acceptors (Lipinski definition) is 6. The Hall–Kier alpha value is -2.83. The fourth-order valence-electron chi connectivity index (χ4n) is 2.90. The molecular formula is C19H25N5O2. The first-order chi connectivity index (χ1) is 12.5. The van der Waals surface area contributed by atoms with Gasteiger partial charge in [0.15, 0.2) is 0 Å². The highest BCUT2D eigenvalue weighted by atomic mass is 16.6. The largest absolute Gasteiger partial charge is 0.450 e. The number of rotatable bonds is 4. The third-order valence-electron chi connectivity index (χ3n) is 4.28. The Morgan fingerprint density at radius 2 is 1.81 bits per heavy atom. The van der Waals surface area contributed by atoms with E-state index in [1.54, 1.807) is 4.90 Å². The molecule has 1 saturated heterocycles. The molecule has 1 aromatic carbocycles. The number of carbonyl (C=O) groups excluding carboxylic acids is 1. The van der Waals surface area contributed by atoms with Crippen molar-refractivity contribution < 1.29 is 9.53 Å². The summed E-state index contributed by atoms with van der Waals surface area (Å²) in [7, 11) is 0. The number of anilines is 3. The highest BCUT2D eigenvalue weighted by Gasteiger charge is 2.23. The summed E-state index contributed by atoms with van der Waals surface area (Å²) >= 11 is 0. The van der Waals surface area contributed by atoms with E-state index in [1.165, 1.54) is 5.56 Å². The maximum Gasteiger partial charge on any atom is 0.409 e. The minimum Gasteiger partial charge on any atom is -0.450 e. The first kappa shape index (κ1) is 18.0. The van der Waals surface area contributed by atoms with Gasteiger partial charge in [-0.25, -0.2) is 14.8 Å². The summed E-state index contributed by atoms with van der Waals surface area (Å²) in [5, 5.41) is 3.33. The normalized spacial score (nSPS) is 14.3. The molecular weight excluding hydrogens is 330 g/mol. The summed E-state index contributed by atoms with van der Waals surface area (Å²) in [6.07, 6.45) is -0.243. The molecule has 138 valence electrons. The molecule has 7 heteroatoms. The molecule has 0 atom stereocenters. The van der Waals surface area contributed by atoms with Crippen molar-refractivity contribution in [2.75, 3.05) is 43.0 Å². The van der Waals surface area contributed by atoms with Crippen molar-refractivity contribution in [1.29, 1.82) is 0 Å². The third-order valence-corrected chi connectivity index (χ3v) is 4.28. The maximum absolute atomic E-state index is 11.8. The van der Waals surface area contributed by atoms with E-state index in [-0.39, 0.29) is 6.09 Å². The first-order valence-corrected chi connectivity index (χ1v) is 8.91. The lowest BCUT2D eigenvalue weighted by molar-refractivity contribution is 0.105. The molecule has 7 nitrogen and oxygen atoms in total. The van der Waals surface area contributed by atoms with Gasteiger partial charge in [-0.15, -0.1) is 0 Å². The van der Waals surface area contributed by atoms with Gasteiger partial charge in [0.1, 0.15) is 17.5 Å². The molecule has 0 radical (unpaired) electrons. The molecule has 1 aliphatic heterocycles. The van der Waals surface area contributed by atoms with E-state index in [4.69, 9.17) is 4.74 Å². The van der Waals surface area contributed by atoms with Crippen LogP contribution in [0.15, 0.2) is 30.3 Å². The van der Waals surface area contributed by atoms with Gasteiger partial charge in [-0.1, -0.05) is 17.7 Å². The Balaban J connectivity index is 1.68. The summed E-state index contributed by atoms with van der Waals surface area (Å²) in [6.45, 7) is 8.87. The topological polar surface area (TPSA) is 70.6 Å². The number of nitrogens with one attached hydrogen (secondary N) is 1. The van der Waals surface area contributed by atoms with Crippen LogP contribution >= 0.6 is 0 Å². The van der Waals surface area contributed by atoms with Crippen LogP contribution in [0.25, 0.3) is 0 Å². The number of amides is 1. The number of nitrogens with zero attached hydrogens (tertiary/aromatic N) is 4. The SMILES string of the molecule is CCOC(=O)N1CCN(c2cc(Nc3ccc(C)cc3)nc(C)n2)CC1. The first-order valence-electron chi connectivity index (χ1n) is 8.91. The summed E-state index contributed by atoms with van der Waals surface area (Å²) in [5.74, 6) is 2.35. The lowest BCUT2D eigenvalue weighted by Crippen LogP contribution is -2.49. The highest BCUT2D eigenvalue weighted by molar-refractivity contribution is 5.68. The maximum atomic E-state index is 11.8. The second-order valence-electron chi connectivity index (χ2n) is 6.32. The summed E-state index contributed by atoms with van der Waals surface area (Å²) < 4.78 is 5.07. The second kappa shape index (κ2) is 8.03. The van der Waals surface area contributed by atoms with Gasteiger partial charge in [-0.2, -0.15) is 0 Å². The van der Waals surface area contributed by atoms with Crippen LogP contribution in [-0.4, -0.2) is 53.7 Å². The lowest BCUT2D eigenvalue weighted by Gasteiger charge is -2.34. The Labute approximate surface area is 154 Å². The monoisotopic (exact) mass is 355 g/mol. The lowest BCUT2D eigenvalue weighted by atomic mass is 10.2. The van der Waals surface area contributed by atoms with Gasteiger partial charge < -0.3 is 19.9 Å². The Bertz CT molecular complexity index is 755. The highest BCUT2D eigenvalue weighted by Crippen LogP contribution is 2.21. The Kier molecular flexibility index (Phi) is 5.55. The van der Waals surface area contributed by atoms with E-state index in [0.29, 0.717) is 25.5 Å². The van der Waals surface area contributed by atoms with Gasteiger partial charge in [0.05, 0.1) is 6.61 Å². The van der Waals surface area contributed by atoms with Crippen LogP contribution in [0, 0.1) is 13.8 Å². The molecule has 1 amide bonds. The number of benzene rings is 1. The molecule has 1 fully saturated rings. The Morgan fingerprint density at radius 3 is 2.46 bits per heavy atom. The minimum atomic E-state index is -0.243. The van der Waals surface area contributed by atoms with E-state index in [0.717, 1.165) is 30.4 Å². The van der Waals surface area contributed by atoms with E-state index in [1.807, 2.05) is 32.0 Å². The zero-order valence-electron chi connectivity index (χ0n) is 15.5. The van der Waals surface area contributed by atoms with Gasteiger partial charge in [-0.3, -0.25) is 0 Å². The van der Waals surface area contributed by atoms with Crippen LogP contribution in [-0.2, 0) is 4.74 Å². The van der Waals surface area contributed by atoms with Crippen LogP contribution in [0.4, 0.5) is 22.1 Å². The number of ether oxygens (including phenoxy) is 1. The summed E-state index contributed by atoms with van der Waals surface area (Å²) in [5.41, 5.74) is 2.21. The summed E-state index contributed by atoms with van der Waals surface area (Å²) in [6, 6.07) is 10.1. The van der Waals surface area contributed by atoms with Crippen molar-refractivity contribution in [1.82, 2.24) is 14.9 Å². The quantitative estimate of drug-likeness (QED) is 0.909. The van der Waals surface area contributed by atoms with E-state index in [9.17, 15) is 4.79 Å². The predicted molar refractivity (Wildman–Crippen MR) is 102 cm³/mol. The second-order valence-corrected chi connectivity index (χ2v) is 6.32. The molecule has 0 saturated carbocycles. The molecule has 2 heterocycles. The molecule has 0 bridgehead atoms. The number of piperazine rings is 1. The molecule has 26 heavy (non-hydrogen) atoms. The predicted octanol–water partition coefficient (Wildman–Crippen LogP) is 3.12. The standard InChI is InChI=1S/C19H25N5O2/c1-4-26-19(25)24-11-9-23(10-12-24)18-13-17(20-15(3)21-18)22-16-7-5-14(2)6-8-16/h5-8,13H,4,9-12H2,1-3H3,(H,20,21,22). The van der Waals surface area contributed by atoms with Crippen LogP contribution in [0.2, 0.25) is 0 Å². The van der Waals surface area contributed by atoms with Crippen LogP contribution in [0.3, 0.4) is 0 Å². The van der Waals surface area contributed by atoms with Crippen molar-refractivity contribution in [2.24, 2.45) is 0 Å². The van der Waals surface area contributed by atoms with Crippen LogP contribution < -0.4 is 10.2 Å².